The molecule has 0 aromatic heterocycles. The highest BCUT2D eigenvalue weighted by molar-refractivity contribution is 9.10. The van der Waals surface area contributed by atoms with Gasteiger partial charge >= 0.3 is 0 Å². The van der Waals surface area contributed by atoms with Crippen molar-refractivity contribution < 1.29 is 4.79 Å². The van der Waals surface area contributed by atoms with Crippen molar-refractivity contribution in [2.24, 2.45) is 0 Å². The van der Waals surface area contributed by atoms with E-state index in [9.17, 15) is 4.79 Å². The summed E-state index contributed by atoms with van der Waals surface area (Å²) >= 11 is 8.57. The first kappa shape index (κ1) is 17.2. The lowest BCUT2D eigenvalue weighted by molar-refractivity contribution is -0.116. The summed E-state index contributed by atoms with van der Waals surface area (Å²) in [7, 11) is 0. The van der Waals surface area contributed by atoms with Crippen molar-refractivity contribution in [3.05, 3.63) is 70.2 Å². The van der Waals surface area contributed by atoms with Gasteiger partial charge in [-0.05, 0) is 54.5 Å². The number of halogens is 1. The molecule has 0 heterocycles. The van der Waals surface area contributed by atoms with E-state index in [2.05, 4.69) is 32.1 Å². The number of carbonyl (C=O) groups excluding carboxylic acids is 1. The fourth-order valence-electron chi connectivity index (χ4n) is 1.78. The van der Waals surface area contributed by atoms with E-state index >= 15 is 0 Å². The maximum absolute atomic E-state index is 11.8. The molecule has 118 valence electrons. The Labute approximate surface area is 149 Å². The lowest BCUT2D eigenvalue weighted by Crippen LogP contribution is -2.43. The van der Waals surface area contributed by atoms with E-state index < -0.39 is 0 Å². The molecule has 0 saturated carbocycles. The normalized spacial score (nSPS) is 10.3. The third kappa shape index (κ3) is 5.84. The van der Waals surface area contributed by atoms with Crippen LogP contribution in [0, 0.1) is 6.92 Å². The summed E-state index contributed by atoms with van der Waals surface area (Å²) < 4.78 is 0.941. The van der Waals surface area contributed by atoms with Gasteiger partial charge in [0.1, 0.15) is 0 Å². The summed E-state index contributed by atoms with van der Waals surface area (Å²) in [6.07, 6.45) is 3.17. The number of hydrazine groups is 1. The fraction of sp³-hybridized carbons (Fsp3) is 0.0588. The topological polar surface area (TPSA) is 53.2 Å². The van der Waals surface area contributed by atoms with Crippen molar-refractivity contribution in [3.63, 3.8) is 0 Å². The van der Waals surface area contributed by atoms with Crippen LogP contribution in [0.15, 0.2) is 59.1 Å². The minimum absolute atomic E-state index is 0.297. The number of para-hydroxylation sites is 1. The van der Waals surface area contributed by atoms with Gasteiger partial charge in [-0.1, -0.05) is 46.3 Å². The molecule has 0 unspecified atom stereocenters. The standard InChI is InChI=1S/C17H16BrN3OS/c1-12-7-8-13(15(18)11-12)9-10-16(22)20-21-17(23)19-14-5-3-2-4-6-14/h2-11H,1H3,(H,20,22)(H2,19,21,23)/b10-9+. The van der Waals surface area contributed by atoms with E-state index in [1.807, 2.05) is 55.5 Å². The summed E-state index contributed by atoms with van der Waals surface area (Å²) in [6.45, 7) is 2.01. The zero-order valence-corrected chi connectivity index (χ0v) is 14.9. The van der Waals surface area contributed by atoms with Crippen LogP contribution in [0.5, 0.6) is 0 Å². The Hall–Kier alpha value is -2.18. The highest BCUT2D eigenvalue weighted by Crippen LogP contribution is 2.19. The molecule has 23 heavy (non-hydrogen) atoms. The number of rotatable bonds is 3. The van der Waals surface area contributed by atoms with E-state index in [4.69, 9.17) is 12.2 Å². The lowest BCUT2D eigenvalue weighted by atomic mass is 10.1. The summed E-state index contributed by atoms with van der Waals surface area (Å²) in [6, 6.07) is 15.4. The number of benzene rings is 2. The Morgan fingerprint density at radius 1 is 1.13 bits per heavy atom. The average molecular weight is 390 g/mol. The third-order valence-electron chi connectivity index (χ3n) is 2.90. The number of thiocarbonyl (C=S) groups is 1. The second-order valence-electron chi connectivity index (χ2n) is 4.79. The van der Waals surface area contributed by atoms with E-state index in [1.165, 1.54) is 6.08 Å². The number of anilines is 1. The molecule has 0 spiro atoms. The molecule has 0 aliphatic heterocycles. The lowest BCUT2D eigenvalue weighted by Gasteiger charge is -2.10. The summed E-state index contributed by atoms with van der Waals surface area (Å²) in [5, 5.41) is 3.27. The minimum atomic E-state index is -0.297. The quantitative estimate of drug-likeness (QED) is 0.424. The van der Waals surface area contributed by atoms with Crippen LogP contribution < -0.4 is 16.2 Å². The van der Waals surface area contributed by atoms with Gasteiger partial charge in [-0.15, -0.1) is 0 Å². The van der Waals surface area contributed by atoms with Crippen LogP contribution in [0.1, 0.15) is 11.1 Å². The fourth-order valence-corrected chi connectivity index (χ4v) is 2.57. The summed E-state index contributed by atoms with van der Waals surface area (Å²) in [5.41, 5.74) is 8.08. The van der Waals surface area contributed by atoms with Crippen LogP contribution >= 0.6 is 28.1 Å². The van der Waals surface area contributed by atoms with Gasteiger partial charge in [0.25, 0.3) is 5.91 Å². The predicted octanol–water partition coefficient (Wildman–Crippen LogP) is 3.79. The number of hydrogen-bond donors (Lipinski definition) is 3. The Morgan fingerprint density at radius 3 is 2.57 bits per heavy atom. The molecule has 2 aromatic rings. The van der Waals surface area contributed by atoms with Crippen molar-refractivity contribution in [1.82, 2.24) is 10.9 Å². The number of carbonyl (C=O) groups is 1. The van der Waals surface area contributed by atoms with Gasteiger partial charge in [0.2, 0.25) is 0 Å². The molecular formula is C17H16BrN3OS. The maximum atomic E-state index is 11.8. The number of amides is 1. The van der Waals surface area contributed by atoms with Crippen molar-refractivity contribution in [3.8, 4) is 0 Å². The number of aryl methyl sites for hydroxylation is 1. The van der Waals surface area contributed by atoms with Crippen LogP contribution in [-0.2, 0) is 4.79 Å². The minimum Gasteiger partial charge on any atom is -0.331 e. The van der Waals surface area contributed by atoms with E-state index in [0.29, 0.717) is 5.11 Å². The largest absolute Gasteiger partial charge is 0.331 e. The molecule has 0 atom stereocenters. The molecule has 6 heteroatoms. The zero-order valence-electron chi connectivity index (χ0n) is 12.5. The van der Waals surface area contributed by atoms with E-state index in [1.54, 1.807) is 6.08 Å². The van der Waals surface area contributed by atoms with Crippen LogP contribution in [-0.4, -0.2) is 11.0 Å². The monoisotopic (exact) mass is 389 g/mol. The maximum Gasteiger partial charge on any atom is 0.262 e. The molecule has 0 saturated heterocycles. The van der Waals surface area contributed by atoms with Gasteiger partial charge in [0.05, 0.1) is 0 Å². The third-order valence-corrected chi connectivity index (χ3v) is 3.79. The molecule has 0 fully saturated rings. The van der Waals surface area contributed by atoms with Gasteiger partial charge in [-0.25, -0.2) is 0 Å². The summed E-state index contributed by atoms with van der Waals surface area (Å²) in [4.78, 5) is 11.8. The second-order valence-corrected chi connectivity index (χ2v) is 6.06. The average Bonchev–Trinajstić information content (AvgIpc) is 2.53. The molecule has 0 aliphatic rings. The predicted molar refractivity (Wildman–Crippen MR) is 102 cm³/mol. The zero-order chi connectivity index (χ0) is 16.7. The molecule has 0 bridgehead atoms. The first-order valence-corrected chi connectivity index (χ1v) is 8.11. The molecule has 4 nitrogen and oxygen atoms in total. The second kappa shape index (κ2) is 8.45. The first-order valence-electron chi connectivity index (χ1n) is 6.91. The van der Waals surface area contributed by atoms with Crippen molar-refractivity contribution in [1.29, 1.82) is 0 Å². The highest BCUT2D eigenvalue weighted by Gasteiger charge is 2.00. The number of hydrogen-bond acceptors (Lipinski definition) is 2. The van der Waals surface area contributed by atoms with Gasteiger partial charge in [-0.3, -0.25) is 15.6 Å². The van der Waals surface area contributed by atoms with Crippen molar-refractivity contribution in [2.75, 3.05) is 5.32 Å². The van der Waals surface area contributed by atoms with Crippen molar-refractivity contribution in [2.45, 2.75) is 6.92 Å². The van der Waals surface area contributed by atoms with Crippen LogP contribution in [0.3, 0.4) is 0 Å². The molecule has 1 amide bonds. The number of nitrogens with one attached hydrogen (secondary N) is 3. The van der Waals surface area contributed by atoms with Gasteiger partial charge in [0, 0.05) is 16.2 Å². The Bertz CT molecular complexity index is 732. The highest BCUT2D eigenvalue weighted by atomic mass is 79.9. The Morgan fingerprint density at radius 2 is 1.87 bits per heavy atom. The molecule has 0 radical (unpaired) electrons. The van der Waals surface area contributed by atoms with E-state index in [0.717, 1.165) is 21.3 Å². The molecular weight excluding hydrogens is 374 g/mol. The smallest absolute Gasteiger partial charge is 0.262 e. The van der Waals surface area contributed by atoms with Crippen molar-refractivity contribution >= 4 is 50.9 Å². The molecule has 0 aliphatic carbocycles. The van der Waals surface area contributed by atoms with Gasteiger partial charge in [0.15, 0.2) is 5.11 Å². The summed E-state index contributed by atoms with van der Waals surface area (Å²) in [5.74, 6) is -0.297. The van der Waals surface area contributed by atoms with Gasteiger partial charge in [-0.2, -0.15) is 0 Å². The van der Waals surface area contributed by atoms with Gasteiger partial charge < -0.3 is 5.32 Å². The van der Waals surface area contributed by atoms with Crippen LogP contribution in [0.4, 0.5) is 5.69 Å². The molecule has 2 aromatic carbocycles. The Balaban J connectivity index is 1.82. The van der Waals surface area contributed by atoms with E-state index in [-0.39, 0.29) is 5.91 Å². The first-order chi connectivity index (χ1) is 11.0. The molecule has 3 N–H and O–H groups in total. The van der Waals surface area contributed by atoms with Crippen LogP contribution in [0.25, 0.3) is 6.08 Å². The van der Waals surface area contributed by atoms with Crippen LogP contribution in [0.2, 0.25) is 0 Å². The SMILES string of the molecule is Cc1ccc(/C=C/C(=O)NNC(=S)Nc2ccccc2)c(Br)c1. The molecule has 2 rings (SSSR count). The Kier molecular flexibility index (Phi) is 6.31.